The summed E-state index contributed by atoms with van der Waals surface area (Å²) in [6.07, 6.45) is 3.61. The molecular weight excluding hydrogens is 320 g/mol. The fourth-order valence-corrected chi connectivity index (χ4v) is 3.85. The molecule has 2 fully saturated rings. The summed E-state index contributed by atoms with van der Waals surface area (Å²) in [6.45, 7) is 9.50. The third-order valence-electron chi connectivity index (χ3n) is 5.42. The van der Waals surface area contributed by atoms with E-state index in [1.165, 1.54) is 30.5 Å². The van der Waals surface area contributed by atoms with E-state index in [2.05, 4.69) is 35.8 Å². The average Bonchev–Trinajstić information content (AvgIpc) is 3.04. The van der Waals surface area contributed by atoms with E-state index in [0.29, 0.717) is 5.92 Å². The van der Waals surface area contributed by atoms with Crippen LogP contribution in [-0.4, -0.2) is 43.6 Å². The van der Waals surface area contributed by atoms with Gasteiger partial charge in [0, 0.05) is 43.4 Å². The molecule has 1 atom stereocenters. The van der Waals surface area contributed by atoms with Gasteiger partial charge in [0.1, 0.15) is 0 Å². The van der Waals surface area contributed by atoms with Gasteiger partial charge >= 0.3 is 0 Å². The second kappa shape index (κ2) is 7.64. The van der Waals surface area contributed by atoms with Gasteiger partial charge in [-0.3, -0.25) is 4.99 Å². The minimum atomic E-state index is 0.575. The third-order valence-corrected chi connectivity index (χ3v) is 5.65. The van der Waals surface area contributed by atoms with Crippen LogP contribution in [0.25, 0.3) is 0 Å². The molecule has 3 rings (SSSR count). The first-order valence-electron chi connectivity index (χ1n) is 9.09. The molecule has 0 spiro atoms. The molecule has 0 saturated carbocycles. The molecule has 2 aliphatic heterocycles. The van der Waals surface area contributed by atoms with Gasteiger partial charge in [-0.1, -0.05) is 24.6 Å². The Hall–Kier alpha value is -1.42. The highest BCUT2D eigenvalue weighted by atomic mass is 35.5. The Morgan fingerprint density at radius 1 is 1.25 bits per heavy atom. The van der Waals surface area contributed by atoms with Gasteiger partial charge in [-0.25, -0.2) is 0 Å². The zero-order chi connectivity index (χ0) is 17.1. The van der Waals surface area contributed by atoms with Crippen LogP contribution in [0.4, 0.5) is 5.69 Å². The molecule has 0 radical (unpaired) electrons. The number of guanidine groups is 1. The topological polar surface area (TPSA) is 44.9 Å². The van der Waals surface area contributed by atoms with E-state index < -0.39 is 0 Å². The average molecular weight is 349 g/mol. The van der Waals surface area contributed by atoms with E-state index in [1.54, 1.807) is 0 Å². The van der Waals surface area contributed by atoms with Crippen molar-refractivity contribution in [3.63, 3.8) is 0 Å². The van der Waals surface area contributed by atoms with Crippen molar-refractivity contribution in [2.45, 2.75) is 33.1 Å². The maximum atomic E-state index is 6.21. The van der Waals surface area contributed by atoms with Crippen LogP contribution < -0.4 is 10.6 Å². The van der Waals surface area contributed by atoms with Crippen molar-refractivity contribution >= 4 is 23.2 Å². The lowest BCUT2D eigenvalue weighted by atomic mass is 10.00. The zero-order valence-corrected chi connectivity index (χ0v) is 15.6. The number of anilines is 1. The number of hydrogen-bond donors (Lipinski definition) is 1. The summed E-state index contributed by atoms with van der Waals surface area (Å²) < 4.78 is 0. The Balaban J connectivity index is 1.54. The Bertz CT molecular complexity index is 593. The quantitative estimate of drug-likeness (QED) is 0.671. The Morgan fingerprint density at radius 2 is 2.00 bits per heavy atom. The van der Waals surface area contributed by atoms with Crippen molar-refractivity contribution in [2.24, 2.45) is 22.6 Å². The van der Waals surface area contributed by atoms with Crippen molar-refractivity contribution in [2.75, 3.05) is 37.6 Å². The number of hydrogen-bond acceptors (Lipinski definition) is 2. The van der Waals surface area contributed by atoms with Gasteiger partial charge in [0.25, 0.3) is 0 Å². The number of piperidine rings is 1. The van der Waals surface area contributed by atoms with Crippen LogP contribution in [0.3, 0.4) is 0 Å². The van der Waals surface area contributed by atoms with Crippen LogP contribution in [0, 0.1) is 18.8 Å². The largest absolute Gasteiger partial charge is 0.371 e. The lowest BCUT2D eigenvalue weighted by Gasteiger charge is -2.31. The first kappa shape index (κ1) is 17.4. The fourth-order valence-electron chi connectivity index (χ4n) is 3.68. The molecule has 1 aromatic carbocycles. The molecule has 5 heteroatoms. The molecule has 0 amide bonds. The van der Waals surface area contributed by atoms with E-state index in [9.17, 15) is 0 Å². The summed E-state index contributed by atoms with van der Waals surface area (Å²) in [5.41, 5.74) is 8.75. The van der Waals surface area contributed by atoms with Crippen LogP contribution in [0.2, 0.25) is 5.02 Å². The van der Waals surface area contributed by atoms with Gasteiger partial charge in [-0.05, 0) is 55.7 Å². The predicted octanol–water partition coefficient (Wildman–Crippen LogP) is 3.52. The van der Waals surface area contributed by atoms with Crippen LogP contribution in [0.15, 0.2) is 23.2 Å². The normalized spacial score (nSPS) is 23.1. The molecule has 2 heterocycles. The van der Waals surface area contributed by atoms with Gasteiger partial charge < -0.3 is 15.5 Å². The highest BCUT2D eigenvalue weighted by Crippen LogP contribution is 2.29. The molecule has 4 nitrogen and oxygen atoms in total. The van der Waals surface area contributed by atoms with Gasteiger partial charge in [0.2, 0.25) is 0 Å². The summed E-state index contributed by atoms with van der Waals surface area (Å²) in [5.74, 6) is 2.13. The van der Waals surface area contributed by atoms with Crippen LogP contribution in [-0.2, 0) is 0 Å². The number of halogens is 1. The lowest BCUT2D eigenvalue weighted by Crippen LogP contribution is -2.42. The third kappa shape index (κ3) is 4.15. The van der Waals surface area contributed by atoms with Crippen molar-refractivity contribution < 1.29 is 0 Å². The number of nitrogens with zero attached hydrogens (tertiary/aromatic N) is 3. The minimum absolute atomic E-state index is 0.575. The Labute approximate surface area is 150 Å². The molecule has 1 unspecified atom stereocenters. The maximum absolute atomic E-state index is 6.21. The van der Waals surface area contributed by atoms with E-state index >= 15 is 0 Å². The minimum Gasteiger partial charge on any atom is -0.371 e. The number of benzene rings is 1. The van der Waals surface area contributed by atoms with E-state index in [4.69, 9.17) is 22.3 Å². The molecule has 1 aromatic rings. The van der Waals surface area contributed by atoms with E-state index in [-0.39, 0.29) is 0 Å². The van der Waals surface area contributed by atoms with Crippen LogP contribution in [0.5, 0.6) is 0 Å². The number of aryl methyl sites for hydroxylation is 1. The summed E-state index contributed by atoms with van der Waals surface area (Å²) in [5, 5.41) is 0.806. The molecule has 0 bridgehead atoms. The molecule has 2 aliphatic rings. The fraction of sp³-hybridized carbons (Fsp3) is 0.632. The molecule has 24 heavy (non-hydrogen) atoms. The SMILES string of the molecule is Cc1ccc(Cl)cc1N1CCC(CN=C(N)N2CCC(C)CC2)C1. The maximum Gasteiger partial charge on any atom is 0.191 e. The van der Waals surface area contributed by atoms with E-state index in [1.807, 2.05) is 6.07 Å². The number of aliphatic imine (C=N–C) groups is 1. The Morgan fingerprint density at radius 3 is 2.75 bits per heavy atom. The highest BCUT2D eigenvalue weighted by molar-refractivity contribution is 6.30. The second-order valence-corrected chi connectivity index (χ2v) is 7.84. The number of nitrogens with two attached hydrogens (primary N) is 1. The van der Waals surface area contributed by atoms with E-state index in [0.717, 1.165) is 49.6 Å². The first-order chi connectivity index (χ1) is 11.5. The van der Waals surface area contributed by atoms with Gasteiger partial charge in [-0.15, -0.1) is 0 Å². The summed E-state index contributed by atoms with van der Waals surface area (Å²) in [6, 6.07) is 6.13. The van der Waals surface area contributed by atoms with Gasteiger partial charge in [0.15, 0.2) is 5.96 Å². The molecule has 0 aromatic heterocycles. The van der Waals surface area contributed by atoms with Gasteiger partial charge in [0.05, 0.1) is 0 Å². The molecule has 0 aliphatic carbocycles. The monoisotopic (exact) mass is 348 g/mol. The van der Waals surface area contributed by atoms with Crippen LogP contribution in [0.1, 0.15) is 31.7 Å². The summed E-state index contributed by atoms with van der Waals surface area (Å²) >= 11 is 6.16. The van der Waals surface area contributed by atoms with Crippen LogP contribution >= 0.6 is 11.6 Å². The zero-order valence-electron chi connectivity index (χ0n) is 14.8. The lowest BCUT2D eigenvalue weighted by molar-refractivity contribution is 0.277. The summed E-state index contributed by atoms with van der Waals surface area (Å²) in [4.78, 5) is 9.37. The standard InChI is InChI=1S/C19H29ClN4/c1-14-5-8-23(9-6-14)19(21)22-12-16-7-10-24(13-16)18-11-17(20)4-3-15(18)2/h3-4,11,14,16H,5-10,12-13H2,1-2H3,(H2,21,22). The Kier molecular flexibility index (Phi) is 5.54. The molecular formula is C19H29ClN4. The van der Waals surface area contributed by atoms with Gasteiger partial charge in [-0.2, -0.15) is 0 Å². The van der Waals surface area contributed by atoms with Crippen molar-refractivity contribution in [1.82, 2.24) is 4.90 Å². The highest BCUT2D eigenvalue weighted by Gasteiger charge is 2.24. The summed E-state index contributed by atoms with van der Waals surface area (Å²) in [7, 11) is 0. The van der Waals surface area contributed by atoms with Crippen molar-refractivity contribution in [3.05, 3.63) is 28.8 Å². The predicted molar refractivity (Wildman–Crippen MR) is 103 cm³/mol. The second-order valence-electron chi connectivity index (χ2n) is 7.40. The first-order valence-corrected chi connectivity index (χ1v) is 9.46. The van der Waals surface area contributed by atoms with Crippen molar-refractivity contribution in [1.29, 1.82) is 0 Å². The number of rotatable bonds is 3. The molecule has 2 saturated heterocycles. The number of likely N-dealkylation sites (tertiary alicyclic amines) is 1. The molecule has 2 N–H and O–H groups in total. The smallest absolute Gasteiger partial charge is 0.191 e. The van der Waals surface area contributed by atoms with Crippen molar-refractivity contribution in [3.8, 4) is 0 Å². The molecule has 132 valence electrons.